The fraction of sp³-hybridized carbons (Fsp3) is 0.185. The Hall–Kier alpha value is -3.62. The van der Waals surface area contributed by atoms with Crippen LogP contribution in [0.25, 0.3) is 0 Å². The summed E-state index contributed by atoms with van der Waals surface area (Å²) in [4.78, 5) is 56.4. The second-order valence-electron chi connectivity index (χ2n) is 8.72. The molecule has 2 fully saturated rings. The van der Waals surface area contributed by atoms with Gasteiger partial charge >= 0.3 is 0 Å². The largest absolute Gasteiger partial charge is 0.495 e. The van der Waals surface area contributed by atoms with Crippen molar-refractivity contribution >= 4 is 45.0 Å². The first-order valence-electron chi connectivity index (χ1n) is 11.0. The maximum Gasteiger partial charge on any atom is 0.241 e. The summed E-state index contributed by atoms with van der Waals surface area (Å²) in [5, 5.41) is 0. The van der Waals surface area contributed by atoms with Gasteiger partial charge in [-0.15, -0.1) is 0 Å². The molecule has 6 rings (SSSR count). The number of halogens is 1. The monoisotopic (exact) mass is 531 g/mol. The Balaban J connectivity index is 1.55. The van der Waals surface area contributed by atoms with Gasteiger partial charge in [0, 0.05) is 15.6 Å². The van der Waals surface area contributed by atoms with Gasteiger partial charge in [-0.2, -0.15) is 0 Å². The van der Waals surface area contributed by atoms with Gasteiger partial charge in [-0.3, -0.25) is 19.2 Å². The second kappa shape index (κ2) is 7.69. The second-order valence-corrected chi connectivity index (χ2v) is 9.63. The first-order chi connectivity index (χ1) is 16.9. The molecule has 8 heteroatoms. The zero-order valence-corrected chi connectivity index (χ0v) is 20.0. The number of hydrogen-bond acceptors (Lipinski definition) is 6. The maximum atomic E-state index is 14.0. The minimum absolute atomic E-state index is 0.198. The topological polar surface area (TPSA) is 90.0 Å². The van der Waals surface area contributed by atoms with Crippen molar-refractivity contribution in [2.75, 3.05) is 12.0 Å². The molecule has 3 aliphatic rings. The molecule has 3 atom stereocenters. The number of fused-ring (bicyclic) bond motifs is 3. The minimum atomic E-state index is -2.10. The van der Waals surface area contributed by atoms with Crippen LogP contribution < -0.4 is 9.64 Å². The van der Waals surface area contributed by atoms with Gasteiger partial charge in [-0.05, 0) is 29.8 Å². The Morgan fingerprint density at radius 3 is 2.06 bits per heavy atom. The number of rotatable bonds is 3. The van der Waals surface area contributed by atoms with Crippen molar-refractivity contribution in [1.29, 1.82) is 0 Å². The van der Waals surface area contributed by atoms with Crippen molar-refractivity contribution in [2.24, 2.45) is 11.8 Å². The predicted molar refractivity (Wildman–Crippen MR) is 128 cm³/mol. The molecular weight excluding hydrogens is 514 g/mol. The van der Waals surface area contributed by atoms with Crippen molar-refractivity contribution in [2.45, 2.75) is 11.7 Å². The summed E-state index contributed by atoms with van der Waals surface area (Å²) in [7, 11) is 1.45. The molecule has 0 saturated carbocycles. The van der Waals surface area contributed by atoms with E-state index in [1.807, 2.05) is 0 Å². The SMILES string of the molecule is COc1ccccc1N1C(=O)[C@H]2[C@@H](c3ccc(Br)cc3)OC3(C(=O)c4ccccc4C3=O)[C@@H]2C1=O. The molecule has 0 aromatic heterocycles. The van der Waals surface area contributed by atoms with Gasteiger partial charge in [0.1, 0.15) is 5.75 Å². The number of amides is 2. The van der Waals surface area contributed by atoms with Crippen molar-refractivity contribution in [1.82, 2.24) is 0 Å². The molecule has 1 aliphatic carbocycles. The van der Waals surface area contributed by atoms with E-state index in [1.54, 1.807) is 72.8 Å². The van der Waals surface area contributed by atoms with Crippen LogP contribution in [0.1, 0.15) is 32.4 Å². The maximum absolute atomic E-state index is 14.0. The Morgan fingerprint density at radius 1 is 0.829 bits per heavy atom. The summed E-state index contributed by atoms with van der Waals surface area (Å²) in [5.41, 5.74) is -0.846. The lowest BCUT2D eigenvalue weighted by atomic mass is 9.77. The molecule has 0 unspecified atom stereocenters. The number of ketones is 2. The summed E-state index contributed by atoms with van der Waals surface area (Å²) >= 11 is 3.39. The number of anilines is 1. The molecular formula is C27H18BrNO6. The van der Waals surface area contributed by atoms with E-state index >= 15 is 0 Å². The zero-order valence-electron chi connectivity index (χ0n) is 18.4. The Labute approximate surface area is 208 Å². The van der Waals surface area contributed by atoms with E-state index in [-0.39, 0.29) is 16.8 Å². The molecule has 2 amide bonds. The van der Waals surface area contributed by atoms with Crippen molar-refractivity contribution in [3.8, 4) is 5.75 Å². The number of benzene rings is 3. The van der Waals surface area contributed by atoms with Crippen molar-refractivity contribution < 1.29 is 28.7 Å². The molecule has 3 aromatic carbocycles. The number of carbonyl (C=O) groups excluding carboxylic acids is 4. The van der Waals surface area contributed by atoms with Gasteiger partial charge in [0.25, 0.3) is 0 Å². The van der Waals surface area contributed by atoms with Crippen LogP contribution in [-0.4, -0.2) is 36.1 Å². The van der Waals surface area contributed by atoms with E-state index in [1.165, 1.54) is 7.11 Å². The molecule has 0 bridgehead atoms. The van der Waals surface area contributed by atoms with Gasteiger partial charge in [0.2, 0.25) is 29.0 Å². The number of Topliss-reactive ketones (excluding diaryl/α,β-unsaturated/α-hetero) is 2. The molecule has 2 saturated heterocycles. The first kappa shape index (κ1) is 21.9. The van der Waals surface area contributed by atoms with Gasteiger partial charge in [-0.25, -0.2) is 4.90 Å². The average Bonchev–Trinajstić information content (AvgIpc) is 3.44. The van der Waals surface area contributed by atoms with E-state index in [0.29, 0.717) is 11.3 Å². The lowest BCUT2D eigenvalue weighted by Crippen LogP contribution is -2.51. The number of methoxy groups -OCH3 is 1. The van der Waals surface area contributed by atoms with E-state index in [4.69, 9.17) is 9.47 Å². The molecule has 7 nitrogen and oxygen atoms in total. The third-order valence-corrected chi connectivity index (χ3v) is 7.57. The highest BCUT2D eigenvalue weighted by Gasteiger charge is 2.74. The van der Waals surface area contributed by atoms with Crippen LogP contribution in [0.2, 0.25) is 0 Å². The minimum Gasteiger partial charge on any atom is -0.495 e. The number of carbonyl (C=O) groups is 4. The standard InChI is InChI=1S/C27H18BrNO6/c1-34-19-9-5-4-8-18(19)29-25(32)20-21(26(29)33)27(35-22(20)14-10-12-15(28)13-11-14)23(30)16-6-2-3-7-17(16)24(27)31/h2-13,20-22H,1H3/t20-,21+,22-/m1/s1. The number of hydrogen-bond donors (Lipinski definition) is 0. The first-order valence-corrected chi connectivity index (χ1v) is 11.8. The lowest BCUT2D eigenvalue weighted by Gasteiger charge is -2.27. The van der Waals surface area contributed by atoms with Crippen molar-refractivity contribution in [3.63, 3.8) is 0 Å². The predicted octanol–water partition coefficient (Wildman–Crippen LogP) is 4.15. The Kier molecular flexibility index (Phi) is 4.81. The molecule has 2 heterocycles. The number of imide groups is 1. The van der Waals surface area contributed by atoms with Crippen LogP contribution in [0.3, 0.4) is 0 Å². The van der Waals surface area contributed by atoms with Crippen LogP contribution in [0, 0.1) is 11.8 Å². The van der Waals surface area contributed by atoms with Gasteiger partial charge in [-0.1, -0.05) is 64.5 Å². The highest BCUT2D eigenvalue weighted by atomic mass is 79.9. The number of para-hydroxylation sites is 2. The molecule has 35 heavy (non-hydrogen) atoms. The van der Waals surface area contributed by atoms with E-state index in [9.17, 15) is 19.2 Å². The summed E-state index contributed by atoms with van der Waals surface area (Å²) < 4.78 is 12.5. The highest BCUT2D eigenvalue weighted by molar-refractivity contribution is 9.10. The summed E-state index contributed by atoms with van der Waals surface area (Å²) in [6, 6.07) is 20.2. The van der Waals surface area contributed by atoms with Crippen LogP contribution in [0.15, 0.2) is 77.3 Å². The Bertz CT molecular complexity index is 1400. The number of nitrogens with zero attached hydrogens (tertiary/aromatic N) is 1. The van der Waals surface area contributed by atoms with Gasteiger partial charge in [0.15, 0.2) is 0 Å². The van der Waals surface area contributed by atoms with E-state index in [0.717, 1.165) is 9.37 Å². The van der Waals surface area contributed by atoms with Crippen LogP contribution in [-0.2, 0) is 14.3 Å². The quantitative estimate of drug-likeness (QED) is 0.372. The van der Waals surface area contributed by atoms with Gasteiger partial charge in [0.05, 0.1) is 30.7 Å². The highest BCUT2D eigenvalue weighted by Crippen LogP contribution is 2.58. The van der Waals surface area contributed by atoms with Crippen molar-refractivity contribution in [3.05, 3.63) is 94.0 Å². The smallest absolute Gasteiger partial charge is 0.241 e. The summed E-state index contributed by atoms with van der Waals surface area (Å²) in [6.07, 6.45) is -0.966. The fourth-order valence-corrected chi connectivity index (χ4v) is 5.79. The summed E-state index contributed by atoms with van der Waals surface area (Å²) in [5.74, 6) is -4.40. The molecule has 2 aliphatic heterocycles. The molecule has 0 radical (unpaired) electrons. The molecule has 1 spiro atoms. The Morgan fingerprint density at radius 2 is 1.43 bits per heavy atom. The average molecular weight is 532 g/mol. The summed E-state index contributed by atoms with van der Waals surface area (Å²) in [6.45, 7) is 0. The fourth-order valence-electron chi connectivity index (χ4n) is 5.52. The van der Waals surface area contributed by atoms with E-state index in [2.05, 4.69) is 15.9 Å². The third kappa shape index (κ3) is 2.81. The molecule has 174 valence electrons. The normalized spacial score (nSPS) is 24.3. The zero-order chi connectivity index (χ0) is 24.5. The third-order valence-electron chi connectivity index (χ3n) is 7.04. The van der Waals surface area contributed by atoms with Crippen LogP contribution in [0.4, 0.5) is 5.69 Å². The van der Waals surface area contributed by atoms with Gasteiger partial charge < -0.3 is 9.47 Å². The molecule has 3 aromatic rings. The lowest BCUT2D eigenvalue weighted by molar-refractivity contribution is -0.127. The number of ether oxygens (including phenoxy) is 2. The van der Waals surface area contributed by atoms with Crippen LogP contribution >= 0.6 is 15.9 Å². The van der Waals surface area contributed by atoms with E-state index < -0.39 is 46.9 Å². The molecule has 0 N–H and O–H groups in total. The van der Waals surface area contributed by atoms with Crippen LogP contribution in [0.5, 0.6) is 5.75 Å².